The Bertz CT molecular complexity index is 863. The van der Waals surface area contributed by atoms with Gasteiger partial charge in [0, 0.05) is 19.0 Å². The van der Waals surface area contributed by atoms with E-state index >= 15 is 0 Å². The lowest BCUT2D eigenvalue weighted by atomic mass is 10.0. The van der Waals surface area contributed by atoms with Crippen LogP contribution >= 0.6 is 0 Å². The highest BCUT2D eigenvalue weighted by Crippen LogP contribution is 2.18. The van der Waals surface area contributed by atoms with E-state index in [1.165, 1.54) is 0 Å². The maximum Gasteiger partial charge on any atom is 0.240 e. The number of hydrogen-bond donors (Lipinski definition) is 2. The van der Waals surface area contributed by atoms with Crippen molar-refractivity contribution in [2.75, 3.05) is 6.54 Å². The van der Waals surface area contributed by atoms with Gasteiger partial charge in [-0.05, 0) is 42.2 Å². The molecular formula is C21H30N2O3S. The van der Waals surface area contributed by atoms with Crippen molar-refractivity contribution in [2.24, 2.45) is 5.92 Å². The molecule has 1 unspecified atom stereocenters. The van der Waals surface area contributed by atoms with E-state index in [9.17, 15) is 13.2 Å². The molecule has 2 aromatic carbocycles. The van der Waals surface area contributed by atoms with E-state index in [4.69, 9.17) is 0 Å². The molecule has 0 aliphatic carbocycles. The Hall–Kier alpha value is -1.92. The van der Waals surface area contributed by atoms with E-state index in [0.717, 1.165) is 30.0 Å². The SMILES string of the molecule is CC(C)CCCC(C)NC(=O)CCNS(=O)(=O)c1ccc2ccccc2c1. The van der Waals surface area contributed by atoms with Gasteiger partial charge in [-0.2, -0.15) is 0 Å². The van der Waals surface area contributed by atoms with Gasteiger partial charge in [-0.3, -0.25) is 4.79 Å². The monoisotopic (exact) mass is 390 g/mol. The number of carbonyl (C=O) groups is 1. The topological polar surface area (TPSA) is 75.3 Å². The van der Waals surface area contributed by atoms with Gasteiger partial charge < -0.3 is 5.32 Å². The second-order valence-corrected chi connectivity index (χ2v) is 9.22. The number of nitrogens with one attached hydrogen (secondary N) is 2. The summed E-state index contributed by atoms with van der Waals surface area (Å²) in [6, 6.07) is 12.7. The molecule has 1 amide bonds. The zero-order valence-corrected chi connectivity index (χ0v) is 17.2. The van der Waals surface area contributed by atoms with Crippen molar-refractivity contribution in [3.05, 3.63) is 42.5 Å². The number of amides is 1. The molecule has 0 saturated heterocycles. The fraction of sp³-hybridized carbons (Fsp3) is 0.476. The first-order chi connectivity index (χ1) is 12.8. The molecule has 0 aromatic heterocycles. The minimum atomic E-state index is -3.63. The van der Waals surface area contributed by atoms with Crippen LogP contribution in [0.15, 0.2) is 47.4 Å². The Balaban J connectivity index is 1.81. The molecular weight excluding hydrogens is 360 g/mol. The molecule has 2 N–H and O–H groups in total. The van der Waals surface area contributed by atoms with Gasteiger partial charge in [0.05, 0.1) is 4.90 Å². The number of sulfonamides is 1. The summed E-state index contributed by atoms with van der Waals surface area (Å²) >= 11 is 0. The molecule has 1 atom stereocenters. The molecule has 148 valence electrons. The summed E-state index contributed by atoms with van der Waals surface area (Å²) in [5.74, 6) is 0.533. The molecule has 0 spiro atoms. The van der Waals surface area contributed by atoms with Crippen molar-refractivity contribution < 1.29 is 13.2 Å². The second kappa shape index (κ2) is 9.85. The predicted molar refractivity (Wildman–Crippen MR) is 110 cm³/mol. The van der Waals surface area contributed by atoms with Gasteiger partial charge in [0.1, 0.15) is 0 Å². The van der Waals surface area contributed by atoms with Gasteiger partial charge in [-0.1, -0.05) is 57.0 Å². The number of rotatable bonds is 10. The zero-order valence-electron chi connectivity index (χ0n) is 16.4. The third-order valence-corrected chi connectivity index (χ3v) is 5.96. The summed E-state index contributed by atoms with van der Waals surface area (Å²) in [7, 11) is -3.63. The van der Waals surface area contributed by atoms with Gasteiger partial charge in [-0.25, -0.2) is 13.1 Å². The van der Waals surface area contributed by atoms with Crippen LogP contribution in [-0.2, 0) is 14.8 Å². The van der Waals surface area contributed by atoms with E-state index in [2.05, 4.69) is 23.9 Å². The van der Waals surface area contributed by atoms with Crippen LogP contribution in [0.1, 0.15) is 46.5 Å². The zero-order chi connectivity index (χ0) is 19.9. The lowest BCUT2D eigenvalue weighted by molar-refractivity contribution is -0.121. The van der Waals surface area contributed by atoms with Crippen molar-refractivity contribution >= 4 is 26.7 Å². The smallest absolute Gasteiger partial charge is 0.240 e. The number of fused-ring (bicyclic) bond motifs is 1. The first-order valence-corrected chi connectivity index (χ1v) is 11.0. The summed E-state index contributed by atoms with van der Waals surface area (Å²) in [5.41, 5.74) is 0. The van der Waals surface area contributed by atoms with Crippen molar-refractivity contribution in [1.29, 1.82) is 0 Å². The Labute approximate surface area is 162 Å². The van der Waals surface area contributed by atoms with Crippen molar-refractivity contribution in [1.82, 2.24) is 10.0 Å². The first-order valence-electron chi connectivity index (χ1n) is 9.56. The second-order valence-electron chi connectivity index (χ2n) is 7.45. The van der Waals surface area contributed by atoms with Gasteiger partial charge in [0.2, 0.25) is 15.9 Å². The molecule has 2 aromatic rings. The Morgan fingerprint density at radius 2 is 1.70 bits per heavy atom. The van der Waals surface area contributed by atoms with E-state index in [1.54, 1.807) is 18.2 Å². The third-order valence-electron chi connectivity index (χ3n) is 4.50. The average Bonchev–Trinajstić information content (AvgIpc) is 2.60. The lowest BCUT2D eigenvalue weighted by Gasteiger charge is -2.14. The third kappa shape index (κ3) is 6.96. The first kappa shape index (κ1) is 21.4. The van der Waals surface area contributed by atoms with Crippen LogP contribution in [-0.4, -0.2) is 26.9 Å². The minimum Gasteiger partial charge on any atom is -0.354 e. The van der Waals surface area contributed by atoms with E-state index in [1.807, 2.05) is 31.2 Å². The highest BCUT2D eigenvalue weighted by Gasteiger charge is 2.15. The molecule has 5 nitrogen and oxygen atoms in total. The highest BCUT2D eigenvalue weighted by atomic mass is 32.2. The maximum absolute atomic E-state index is 12.4. The molecule has 6 heteroatoms. The predicted octanol–water partition coefficient (Wildman–Crippen LogP) is 3.84. The molecule has 0 aliphatic heterocycles. The average molecular weight is 391 g/mol. The lowest BCUT2D eigenvalue weighted by Crippen LogP contribution is -2.35. The Kier molecular flexibility index (Phi) is 7.80. The Morgan fingerprint density at radius 1 is 1.00 bits per heavy atom. The molecule has 0 aliphatic rings. The van der Waals surface area contributed by atoms with E-state index in [-0.39, 0.29) is 29.8 Å². The van der Waals surface area contributed by atoms with Crippen molar-refractivity contribution in [2.45, 2.75) is 57.4 Å². The molecule has 27 heavy (non-hydrogen) atoms. The van der Waals surface area contributed by atoms with E-state index < -0.39 is 10.0 Å². The molecule has 0 saturated carbocycles. The van der Waals surface area contributed by atoms with Gasteiger partial charge in [0.25, 0.3) is 0 Å². The van der Waals surface area contributed by atoms with Crippen LogP contribution in [0.4, 0.5) is 0 Å². The molecule has 0 heterocycles. The van der Waals surface area contributed by atoms with Gasteiger partial charge in [-0.15, -0.1) is 0 Å². The van der Waals surface area contributed by atoms with Crippen molar-refractivity contribution in [3.63, 3.8) is 0 Å². The normalized spacial score (nSPS) is 13.0. The maximum atomic E-state index is 12.4. The summed E-state index contributed by atoms with van der Waals surface area (Å²) in [4.78, 5) is 12.2. The molecule has 0 radical (unpaired) electrons. The Morgan fingerprint density at radius 3 is 2.41 bits per heavy atom. The van der Waals surface area contributed by atoms with E-state index in [0.29, 0.717) is 5.92 Å². The number of hydrogen-bond acceptors (Lipinski definition) is 3. The van der Waals surface area contributed by atoms with Crippen LogP contribution in [0.5, 0.6) is 0 Å². The van der Waals surface area contributed by atoms with Crippen molar-refractivity contribution in [3.8, 4) is 0 Å². The minimum absolute atomic E-state index is 0.0830. The van der Waals surface area contributed by atoms with Crippen LogP contribution in [0.3, 0.4) is 0 Å². The summed E-state index contributed by atoms with van der Waals surface area (Å²) in [6.07, 6.45) is 3.29. The quantitative estimate of drug-likeness (QED) is 0.647. The molecule has 0 fully saturated rings. The largest absolute Gasteiger partial charge is 0.354 e. The van der Waals surface area contributed by atoms with Gasteiger partial charge in [0.15, 0.2) is 0 Å². The fourth-order valence-electron chi connectivity index (χ4n) is 2.97. The molecule has 0 bridgehead atoms. The summed E-state index contributed by atoms with van der Waals surface area (Å²) in [6.45, 7) is 6.44. The van der Waals surface area contributed by atoms with Gasteiger partial charge >= 0.3 is 0 Å². The van der Waals surface area contributed by atoms with Crippen LogP contribution in [0.25, 0.3) is 10.8 Å². The van der Waals surface area contributed by atoms with Crippen LogP contribution in [0, 0.1) is 5.92 Å². The summed E-state index contributed by atoms with van der Waals surface area (Å²) in [5, 5.41) is 4.79. The molecule has 2 rings (SSSR count). The standard InChI is InChI=1S/C21H30N2O3S/c1-16(2)7-6-8-17(3)23-21(24)13-14-22-27(25,26)20-12-11-18-9-4-5-10-19(18)15-20/h4-5,9-12,15-17,22H,6-8,13-14H2,1-3H3,(H,23,24). The highest BCUT2D eigenvalue weighted by molar-refractivity contribution is 7.89. The fourth-order valence-corrected chi connectivity index (χ4v) is 4.04. The van der Waals surface area contributed by atoms with Crippen LogP contribution < -0.4 is 10.0 Å². The summed E-state index contributed by atoms with van der Waals surface area (Å²) < 4.78 is 27.4. The van der Waals surface area contributed by atoms with Crippen LogP contribution in [0.2, 0.25) is 0 Å². The number of carbonyl (C=O) groups excluding carboxylic acids is 1. The number of benzene rings is 2.